The van der Waals surface area contributed by atoms with Crippen LogP contribution in [0.4, 0.5) is 0 Å². The lowest BCUT2D eigenvalue weighted by Gasteiger charge is -2.02. The Morgan fingerprint density at radius 3 is 3.13 bits per heavy atom. The van der Waals surface area contributed by atoms with E-state index in [2.05, 4.69) is 20.3 Å². The predicted molar refractivity (Wildman–Crippen MR) is 55.3 cm³/mol. The van der Waals surface area contributed by atoms with Gasteiger partial charge in [0.1, 0.15) is 0 Å². The number of azide groups is 1. The Morgan fingerprint density at radius 1 is 1.67 bits per heavy atom. The van der Waals surface area contributed by atoms with E-state index >= 15 is 0 Å². The number of carbonyl (C=O) groups excluding carboxylic acids is 1. The molecule has 1 aromatic heterocycles. The van der Waals surface area contributed by atoms with E-state index in [9.17, 15) is 4.79 Å². The minimum Gasteiger partial charge on any atom is -0.352 e. The Labute approximate surface area is 87.0 Å². The Morgan fingerprint density at radius 2 is 2.47 bits per heavy atom. The molecule has 0 bridgehead atoms. The van der Waals surface area contributed by atoms with E-state index in [0.717, 1.165) is 5.56 Å². The van der Waals surface area contributed by atoms with Gasteiger partial charge in [-0.15, -0.1) is 0 Å². The number of nitrogens with zero attached hydrogens (tertiary/aromatic N) is 4. The highest BCUT2D eigenvalue weighted by molar-refractivity contribution is 5.93. The maximum absolute atomic E-state index is 11.5. The number of nitrogens with one attached hydrogen (secondary N) is 1. The summed E-state index contributed by atoms with van der Waals surface area (Å²) < 4.78 is 0. The number of aromatic nitrogens is 1. The lowest BCUT2D eigenvalue weighted by atomic mass is 10.2. The first-order valence-electron chi connectivity index (χ1n) is 4.45. The van der Waals surface area contributed by atoms with Crippen LogP contribution in [0.5, 0.6) is 0 Å². The number of carbonyl (C=O) groups is 1. The molecule has 0 aliphatic rings. The molecule has 0 atom stereocenters. The molecular weight excluding hydrogens is 194 g/mol. The maximum atomic E-state index is 11.5. The summed E-state index contributed by atoms with van der Waals surface area (Å²) in [6.07, 6.45) is 3.17. The quantitative estimate of drug-likeness (QED) is 0.348. The second-order valence-corrected chi connectivity index (χ2v) is 2.96. The Hall–Kier alpha value is -2.07. The monoisotopic (exact) mass is 205 g/mol. The Kier molecular flexibility index (Phi) is 4.12. The summed E-state index contributed by atoms with van der Waals surface area (Å²) >= 11 is 0. The molecule has 0 aliphatic heterocycles. The van der Waals surface area contributed by atoms with Crippen molar-refractivity contribution in [3.63, 3.8) is 0 Å². The molecule has 78 valence electrons. The summed E-state index contributed by atoms with van der Waals surface area (Å²) in [5.41, 5.74) is 9.46. The third-order valence-electron chi connectivity index (χ3n) is 1.70. The third kappa shape index (κ3) is 3.66. The van der Waals surface area contributed by atoms with Gasteiger partial charge in [-0.2, -0.15) is 0 Å². The van der Waals surface area contributed by atoms with Gasteiger partial charge >= 0.3 is 0 Å². The van der Waals surface area contributed by atoms with E-state index in [0.29, 0.717) is 12.1 Å². The van der Waals surface area contributed by atoms with E-state index in [-0.39, 0.29) is 12.5 Å². The zero-order valence-corrected chi connectivity index (χ0v) is 8.34. The van der Waals surface area contributed by atoms with Gasteiger partial charge in [-0.05, 0) is 24.1 Å². The van der Waals surface area contributed by atoms with Gasteiger partial charge in [-0.25, -0.2) is 0 Å². The van der Waals surface area contributed by atoms with Crippen LogP contribution in [-0.4, -0.2) is 24.0 Å². The van der Waals surface area contributed by atoms with Gasteiger partial charge in [0.2, 0.25) is 0 Å². The zero-order valence-electron chi connectivity index (χ0n) is 8.34. The van der Waals surface area contributed by atoms with E-state index in [1.54, 1.807) is 12.3 Å². The van der Waals surface area contributed by atoms with Gasteiger partial charge in [0.15, 0.2) is 0 Å². The van der Waals surface area contributed by atoms with Gasteiger partial charge < -0.3 is 5.32 Å². The average molecular weight is 205 g/mol. The van der Waals surface area contributed by atoms with Gasteiger partial charge in [0.25, 0.3) is 5.91 Å². The molecule has 0 aliphatic carbocycles. The minimum absolute atomic E-state index is 0.209. The molecule has 1 rings (SSSR count). The van der Waals surface area contributed by atoms with Crippen molar-refractivity contribution in [2.45, 2.75) is 6.92 Å². The van der Waals surface area contributed by atoms with Crippen molar-refractivity contribution in [1.29, 1.82) is 0 Å². The van der Waals surface area contributed by atoms with Crippen LogP contribution in [0, 0.1) is 6.92 Å². The average Bonchev–Trinajstić information content (AvgIpc) is 2.24. The van der Waals surface area contributed by atoms with Crippen molar-refractivity contribution in [2.75, 3.05) is 13.1 Å². The number of rotatable bonds is 4. The Bertz CT molecular complexity index is 397. The topological polar surface area (TPSA) is 90.8 Å². The fourth-order valence-corrected chi connectivity index (χ4v) is 1.05. The van der Waals surface area contributed by atoms with Crippen LogP contribution in [0.3, 0.4) is 0 Å². The number of hydrogen-bond acceptors (Lipinski definition) is 3. The molecule has 1 N–H and O–H groups in total. The van der Waals surface area contributed by atoms with E-state index < -0.39 is 0 Å². The molecule has 1 heterocycles. The molecule has 0 saturated heterocycles. The summed E-state index contributed by atoms with van der Waals surface area (Å²) in [4.78, 5) is 18.0. The van der Waals surface area contributed by atoms with Gasteiger partial charge in [-0.3, -0.25) is 9.78 Å². The molecule has 1 amide bonds. The molecule has 15 heavy (non-hydrogen) atoms. The second-order valence-electron chi connectivity index (χ2n) is 2.96. The molecule has 0 saturated carbocycles. The van der Waals surface area contributed by atoms with E-state index in [1.165, 1.54) is 6.20 Å². The largest absolute Gasteiger partial charge is 0.352 e. The molecule has 0 fully saturated rings. The molecule has 6 heteroatoms. The summed E-state index contributed by atoms with van der Waals surface area (Å²) in [6, 6.07) is 1.75. The van der Waals surface area contributed by atoms with Crippen LogP contribution in [0.1, 0.15) is 15.9 Å². The summed E-state index contributed by atoms with van der Waals surface area (Å²) in [6.45, 7) is 2.45. The third-order valence-corrected chi connectivity index (χ3v) is 1.70. The molecule has 0 aromatic carbocycles. The molecular formula is C9H11N5O. The Balaban J connectivity index is 2.50. The lowest BCUT2D eigenvalue weighted by Crippen LogP contribution is -2.26. The fraction of sp³-hybridized carbons (Fsp3) is 0.333. The summed E-state index contributed by atoms with van der Waals surface area (Å²) in [5, 5.41) is 5.92. The molecule has 0 radical (unpaired) electrons. The summed E-state index contributed by atoms with van der Waals surface area (Å²) in [7, 11) is 0. The maximum Gasteiger partial charge on any atom is 0.252 e. The summed E-state index contributed by atoms with van der Waals surface area (Å²) in [5.74, 6) is -0.209. The van der Waals surface area contributed by atoms with Crippen LogP contribution in [0.25, 0.3) is 10.4 Å². The van der Waals surface area contributed by atoms with Crippen LogP contribution in [-0.2, 0) is 0 Å². The highest BCUT2D eigenvalue weighted by Crippen LogP contribution is 2.00. The van der Waals surface area contributed by atoms with E-state index in [1.807, 2.05) is 6.92 Å². The SMILES string of the molecule is Cc1cncc(C(=O)NCCN=[N+]=[N-])c1. The lowest BCUT2D eigenvalue weighted by molar-refractivity contribution is 0.0954. The predicted octanol–water partition coefficient (Wildman–Crippen LogP) is 1.43. The van der Waals surface area contributed by atoms with Gasteiger partial charge in [0.05, 0.1) is 5.56 Å². The smallest absolute Gasteiger partial charge is 0.252 e. The van der Waals surface area contributed by atoms with Crippen LogP contribution in [0.2, 0.25) is 0 Å². The standard InChI is InChI=1S/C9H11N5O/c1-7-4-8(6-11-5-7)9(15)12-2-3-13-14-10/h4-6H,2-3H2,1H3,(H,12,15). The van der Waals surface area contributed by atoms with Gasteiger partial charge in [-0.1, -0.05) is 5.11 Å². The molecule has 0 unspecified atom stereocenters. The second kappa shape index (κ2) is 5.62. The van der Waals surface area contributed by atoms with Crippen molar-refractivity contribution in [3.05, 3.63) is 40.0 Å². The van der Waals surface area contributed by atoms with Crippen LogP contribution >= 0.6 is 0 Å². The molecule has 1 aromatic rings. The van der Waals surface area contributed by atoms with Crippen molar-refractivity contribution < 1.29 is 4.79 Å². The highest BCUT2D eigenvalue weighted by Gasteiger charge is 2.04. The first kappa shape index (κ1) is 11.0. The molecule has 0 spiro atoms. The van der Waals surface area contributed by atoms with Gasteiger partial charge in [0, 0.05) is 30.4 Å². The van der Waals surface area contributed by atoms with Crippen LogP contribution in [0.15, 0.2) is 23.6 Å². The number of aryl methyl sites for hydroxylation is 1. The number of hydrogen-bond donors (Lipinski definition) is 1. The first-order valence-corrected chi connectivity index (χ1v) is 4.45. The number of pyridine rings is 1. The minimum atomic E-state index is -0.209. The van der Waals surface area contributed by atoms with Crippen molar-refractivity contribution in [3.8, 4) is 0 Å². The van der Waals surface area contributed by atoms with Crippen molar-refractivity contribution >= 4 is 5.91 Å². The highest BCUT2D eigenvalue weighted by atomic mass is 16.1. The molecule has 6 nitrogen and oxygen atoms in total. The normalized spacial score (nSPS) is 9.13. The van der Waals surface area contributed by atoms with Crippen LogP contribution < -0.4 is 5.32 Å². The zero-order chi connectivity index (χ0) is 11.1. The van der Waals surface area contributed by atoms with Crippen molar-refractivity contribution in [2.24, 2.45) is 5.11 Å². The number of amides is 1. The first-order chi connectivity index (χ1) is 7.24. The van der Waals surface area contributed by atoms with E-state index in [4.69, 9.17) is 5.53 Å². The fourth-order valence-electron chi connectivity index (χ4n) is 1.05. The van der Waals surface area contributed by atoms with Crippen molar-refractivity contribution in [1.82, 2.24) is 10.3 Å².